The van der Waals surface area contributed by atoms with E-state index >= 15 is 0 Å². The van der Waals surface area contributed by atoms with Crippen LogP contribution in [0.25, 0.3) is 0 Å². The summed E-state index contributed by atoms with van der Waals surface area (Å²) in [6.45, 7) is 0.547. The second-order valence-electron chi connectivity index (χ2n) is 4.37. The van der Waals surface area contributed by atoms with E-state index < -0.39 is 0 Å². The van der Waals surface area contributed by atoms with Gasteiger partial charge in [0.2, 0.25) is 0 Å². The second kappa shape index (κ2) is 4.62. The zero-order valence-electron chi connectivity index (χ0n) is 10.1. The van der Waals surface area contributed by atoms with Gasteiger partial charge in [-0.25, -0.2) is 4.39 Å². The third-order valence-corrected chi connectivity index (χ3v) is 3.08. The van der Waals surface area contributed by atoms with Crippen LogP contribution in [0.15, 0.2) is 42.5 Å². The second-order valence-corrected chi connectivity index (χ2v) is 4.37. The van der Waals surface area contributed by atoms with Gasteiger partial charge in [-0.1, -0.05) is 12.1 Å². The van der Waals surface area contributed by atoms with E-state index in [1.54, 1.807) is 18.2 Å². The van der Waals surface area contributed by atoms with Gasteiger partial charge in [-0.2, -0.15) is 5.26 Å². The van der Waals surface area contributed by atoms with Crippen molar-refractivity contribution >= 4 is 5.69 Å². The number of hydrogen-bond acceptors (Lipinski definition) is 3. The fraction of sp³-hybridized carbons (Fsp3) is 0.133. The molecule has 0 aliphatic carbocycles. The number of benzene rings is 2. The third-order valence-electron chi connectivity index (χ3n) is 3.08. The summed E-state index contributed by atoms with van der Waals surface area (Å²) >= 11 is 0. The summed E-state index contributed by atoms with van der Waals surface area (Å²) in [7, 11) is 0. The van der Waals surface area contributed by atoms with Crippen LogP contribution in [0.2, 0.25) is 0 Å². The molecule has 0 spiro atoms. The maximum absolute atomic E-state index is 13.1. The number of nitrogens with one attached hydrogen (secondary N) is 1. The van der Waals surface area contributed by atoms with Crippen LogP contribution in [0.3, 0.4) is 0 Å². The highest BCUT2D eigenvalue weighted by molar-refractivity contribution is 5.58. The van der Waals surface area contributed by atoms with E-state index in [1.165, 1.54) is 12.1 Å². The summed E-state index contributed by atoms with van der Waals surface area (Å²) in [4.78, 5) is 0. The number of halogens is 1. The first-order valence-electron chi connectivity index (χ1n) is 5.96. The molecule has 3 nitrogen and oxygen atoms in total. The first kappa shape index (κ1) is 11.5. The highest BCUT2D eigenvalue weighted by Crippen LogP contribution is 2.34. The molecule has 1 atom stereocenters. The normalized spacial score (nSPS) is 16.7. The third kappa shape index (κ3) is 2.23. The van der Waals surface area contributed by atoms with Crippen molar-refractivity contribution in [1.82, 2.24) is 0 Å². The van der Waals surface area contributed by atoms with E-state index in [2.05, 4.69) is 11.4 Å². The Kier molecular flexibility index (Phi) is 2.81. The lowest BCUT2D eigenvalue weighted by Gasteiger charge is -2.27. The van der Waals surface area contributed by atoms with Crippen LogP contribution in [-0.2, 0) is 0 Å². The number of nitrogens with zero attached hydrogens (tertiary/aromatic N) is 1. The molecule has 0 aromatic heterocycles. The number of ether oxygens (including phenoxy) is 1. The topological polar surface area (TPSA) is 45.0 Å². The summed E-state index contributed by atoms with van der Waals surface area (Å²) in [6.07, 6.45) is -0.175. The summed E-state index contributed by atoms with van der Waals surface area (Å²) in [6, 6.07) is 13.8. The van der Waals surface area contributed by atoms with Gasteiger partial charge < -0.3 is 10.1 Å². The van der Waals surface area contributed by atoms with E-state index in [1.807, 2.05) is 12.1 Å². The Balaban J connectivity index is 1.89. The maximum Gasteiger partial charge on any atom is 0.143 e. The van der Waals surface area contributed by atoms with Crippen molar-refractivity contribution in [3.05, 3.63) is 59.4 Å². The molecule has 2 aromatic rings. The smallest absolute Gasteiger partial charge is 0.143 e. The Bertz CT molecular complexity index is 663. The minimum absolute atomic E-state index is 0.175. The van der Waals surface area contributed by atoms with Crippen LogP contribution in [0, 0.1) is 17.1 Å². The minimum atomic E-state index is -0.292. The van der Waals surface area contributed by atoms with E-state index in [0.29, 0.717) is 23.5 Å². The molecule has 3 rings (SSSR count). The lowest BCUT2D eigenvalue weighted by Crippen LogP contribution is -2.23. The van der Waals surface area contributed by atoms with Gasteiger partial charge >= 0.3 is 0 Å². The van der Waals surface area contributed by atoms with Crippen molar-refractivity contribution in [3.63, 3.8) is 0 Å². The summed E-state index contributed by atoms with van der Waals surface area (Å²) < 4.78 is 18.9. The number of rotatable bonds is 1. The van der Waals surface area contributed by atoms with Crippen molar-refractivity contribution in [2.24, 2.45) is 0 Å². The van der Waals surface area contributed by atoms with Crippen molar-refractivity contribution in [2.45, 2.75) is 6.10 Å². The Labute approximate surface area is 110 Å². The molecule has 0 saturated heterocycles. The molecule has 0 fully saturated rings. The molecule has 1 heterocycles. The average molecular weight is 254 g/mol. The Hall–Kier alpha value is -2.54. The van der Waals surface area contributed by atoms with Crippen molar-refractivity contribution in [3.8, 4) is 11.8 Å². The molecular weight excluding hydrogens is 243 g/mol. The largest absolute Gasteiger partial charge is 0.482 e. The van der Waals surface area contributed by atoms with Gasteiger partial charge in [0.1, 0.15) is 17.7 Å². The molecular formula is C15H11FN2O. The van der Waals surface area contributed by atoms with Gasteiger partial charge in [0, 0.05) is 6.07 Å². The molecule has 2 aromatic carbocycles. The monoisotopic (exact) mass is 254 g/mol. The van der Waals surface area contributed by atoms with Gasteiger partial charge in [0.05, 0.1) is 23.9 Å². The SMILES string of the molecule is N#Cc1cccc(C2CNc3cc(F)ccc3O2)c1. The molecule has 4 heteroatoms. The number of hydrogen-bond donors (Lipinski definition) is 1. The molecule has 19 heavy (non-hydrogen) atoms. The molecule has 1 aliphatic rings. The fourth-order valence-corrected chi connectivity index (χ4v) is 2.14. The lowest BCUT2D eigenvalue weighted by atomic mass is 10.0. The Morgan fingerprint density at radius 2 is 2.16 bits per heavy atom. The van der Waals surface area contributed by atoms with Gasteiger partial charge in [0.15, 0.2) is 0 Å². The first-order chi connectivity index (χ1) is 9.26. The molecule has 0 saturated carbocycles. The summed E-state index contributed by atoms with van der Waals surface area (Å²) in [5.74, 6) is 0.333. The van der Waals surface area contributed by atoms with Crippen molar-refractivity contribution in [2.75, 3.05) is 11.9 Å². The molecule has 1 N–H and O–H groups in total. The maximum atomic E-state index is 13.1. The average Bonchev–Trinajstić information content (AvgIpc) is 2.46. The molecule has 0 bridgehead atoms. The van der Waals surface area contributed by atoms with Crippen LogP contribution in [0.5, 0.6) is 5.75 Å². The number of anilines is 1. The van der Waals surface area contributed by atoms with Crippen LogP contribution >= 0.6 is 0 Å². The highest BCUT2D eigenvalue weighted by atomic mass is 19.1. The molecule has 0 radical (unpaired) electrons. The van der Waals surface area contributed by atoms with E-state index in [9.17, 15) is 4.39 Å². The van der Waals surface area contributed by atoms with E-state index in [4.69, 9.17) is 10.00 Å². The zero-order chi connectivity index (χ0) is 13.2. The van der Waals surface area contributed by atoms with Gasteiger partial charge in [-0.15, -0.1) is 0 Å². The van der Waals surface area contributed by atoms with Crippen molar-refractivity contribution in [1.29, 1.82) is 5.26 Å². The number of nitriles is 1. The van der Waals surface area contributed by atoms with E-state index in [0.717, 1.165) is 5.56 Å². The molecule has 1 aliphatic heterocycles. The molecule has 1 unspecified atom stereocenters. The summed E-state index contributed by atoms with van der Waals surface area (Å²) in [5, 5.41) is 12.0. The standard InChI is InChI=1S/C15H11FN2O/c16-12-4-5-14-13(7-12)18-9-15(19-14)11-3-1-2-10(6-11)8-17/h1-7,15,18H,9H2. The van der Waals surface area contributed by atoms with Crippen LogP contribution in [-0.4, -0.2) is 6.54 Å². The van der Waals surface area contributed by atoms with E-state index in [-0.39, 0.29) is 11.9 Å². The quantitative estimate of drug-likeness (QED) is 0.849. The minimum Gasteiger partial charge on any atom is -0.482 e. The Morgan fingerprint density at radius 1 is 1.26 bits per heavy atom. The molecule has 94 valence electrons. The van der Waals surface area contributed by atoms with Crippen LogP contribution in [0.1, 0.15) is 17.2 Å². The highest BCUT2D eigenvalue weighted by Gasteiger charge is 2.21. The van der Waals surface area contributed by atoms with Crippen LogP contribution in [0.4, 0.5) is 10.1 Å². The van der Waals surface area contributed by atoms with Crippen molar-refractivity contribution < 1.29 is 9.13 Å². The van der Waals surface area contributed by atoms with Gasteiger partial charge in [-0.05, 0) is 29.8 Å². The number of fused-ring (bicyclic) bond motifs is 1. The van der Waals surface area contributed by atoms with Gasteiger partial charge in [-0.3, -0.25) is 0 Å². The predicted molar refractivity (Wildman–Crippen MR) is 69.4 cm³/mol. The zero-order valence-corrected chi connectivity index (χ0v) is 10.1. The van der Waals surface area contributed by atoms with Crippen LogP contribution < -0.4 is 10.1 Å². The van der Waals surface area contributed by atoms with Gasteiger partial charge in [0.25, 0.3) is 0 Å². The molecule has 0 amide bonds. The fourth-order valence-electron chi connectivity index (χ4n) is 2.14. The predicted octanol–water partition coefficient (Wildman–Crippen LogP) is 3.24. The first-order valence-corrected chi connectivity index (χ1v) is 5.96. The summed E-state index contributed by atoms with van der Waals surface area (Å²) in [5.41, 5.74) is 2.19. The Morgan fingerprint density at radius 3 is 3.00 bits per heavy atom. The lowest BCUT2D eigenvalue weighted by molar-refractivity contribution is 0.210.